The molecule has 0 saturated heterocycles. The molecule has 1 atom stereocenters. The van der Waals surface area contributed by atoms with Crippen LogP contribution in [-0.2, 0) is 4.79 Å². The Morgan fingerprint density at radius 2 is 1.93 bits per heavy atom. The van der Waals surface area contributed by atoms with Crippen LogP contribution in [0.2, 0.25) is 0 Å². The number of hydrogen-bond donors (Lipinski definition) is 3. The molecular formula is C20H24Cl2N4O. The summed E-state index contributed by atoms with van der Waals surface area (Å²) < 4.78 is 0. The number of carbonyl (C=O) groups excluding carboxylic acids is 1. The third-order valence-electron chi connectivity index (χ3n) is 4.91. The largest absolute Gasteiger partial charge is 0.342 e. The highest BCUT2D eigenvalue weighted by molar-refractivity contribution is 5.93. The van der Waals surface area contributed by atoms with Crippen LogP contribution in [-0.4, -0.2) is 15.9 Å². The van der Waals surface area contributed by atoms with E-state index < -0.39 is 0 Å². The zero-order valence-electron chi connectivity index (χ0n) is 14.9. The lowest BCUT2D eigenvalue weighted by molar-refractivity contribution is -0.116. The third kappa shape index (κ3) is 4.80. The van der Waals surface area contributed by atoms with Crippen molar-refractivity contribution in [3.8, 4) is 0 Å². The number of amides is 1. The molecule has 2 aromatic carbocycles. The van der Waals surface area contributed by atoms with Gasteiger partial charge in [-0.1, -0.05) is 36.8 Å². The number of nitrogens with zero attached hydrogens (tertiary/aromatic N) is 1. The second kappa shape index (κ2) is 9.22. The van der Waals surface area contributed by atoms with Gasteiger partial charge in [0, 0.05) is 24.1 Å². The number of anilines is 1. The van der Waals surface area contributed by atoms with Crippen molar-refractivity contribution in [3.05, 3.63) is 59.9 Å². The average molecular weight is 407 g/mol. The van der Waals surface area contributed by atoms with Crippen molar-refractivity contribution in [2.24, 2.45) is 5.73 Å². The number of hydrogen-bond acceptors (Lipinski definition) is 3. The quantitative estimate of drug-likeness (QED) is 0.573. The number of aromatic nitrogens is 2. The van der Waals surface area contributed by atoms with Crippen LogP contribution in [0.3, 0.4) is 0 Å². The van der Waals surface area contributed by atoms with Gasteiger partial charge in [-0.15, -0.1) is 24.8 Å². The molecule has 1 heterocycles. The fourth-order valence-corrected chi connectivity index (χ4v) is 3.21. The maximum atomic E-state index is 12.3. The van der Waals surface area contributed by atoms with Crippen molar-refractivity contribution in [1.29, 1.82) is 0 Å². The Kier molecular flexibility index (Phi) is 7.25. The minimum absolute atomic E-state index is 0. The summed E-state index contributed by atoms with van der Waals surface area (Å²) in [5.41, 5.74) is 9.76. The minimum Gasteiger partial charge on any atom is -0.342 e. The van der Waals surface area contributed by atoms with Crippen molar-refractivity contribution in [1.82, 2.24) is 9.97 Å². The van der Waals surface area contributed by atoms with Crippen LogP contribution in [0, 0.1) is 0 Å². The Labute approximate surface area is 171 Å². The number of H-pyrrole nitrogens is 1. The molecule has 5 nitrogen and oxygen atoms in total. The number of aromatic amines is 1. The van der Waals surface area contributed by atoms with E-state index in [9.17, 15) is 4.79 Å². The molecule has 1 aliphatic rings. The lowest BCUT2D eigenvalue weighted by Crippen LogP contribution is -2.20. The third-order valence-corrected chi connectivity index (χ3v) is 4.91. The summed E-state index contributed by atoms with van der Waals surface area (Å²) in [6.07, 6.45) is 3.95. The molecule has 3 aromatic rings. The molecular weight excluding hydrogens is 383 g/mol. The number of fused-ring (bicyclic) bond motifs is 1. The van der Waals surface area contributed by atoms with Crippen LogP contribution >= 0.6 is 24.8 Å². The molecule has 1 unspecified atom stereocenters. The normalized spacial score (nSPS) is 14.6. The number of carbonyl (C=O) groups is 1. The first kappa shape index (κ1) is 21.2. The fraction of sp³-hybridized carbons (Fsp3) is 0.300. The SMILES string of the molecule is Cl.Cl.NC(CC(=O)Nc1ccc2nc(C3CCC3)[nH]c2c1)c1ccccc1. The van der Waals surface area contributed by atoms with Crippen molar-refractivity contribution < 1.29 is 4.79 Å². The molecule has 1 aromatic heterocycles. The first-order valence-corrected chi connectivity index (χ1v) is 8.79. The van der Waals surface area contributed by atoms with Crippen molar-refractivity contribution in [2.75, 3.05) is 5.32 Å². The fourth-order valence-electron chi connectivity index (χ4n) is 3.21. The highest BCUT2D eigenvalue weighted by atomic mass is 35.5. The molecule has 1 fully saturated rings. The van der Waals surface area contributed by atoms with E-state index in [0.717, 1.165) is 28.1 Å². The van der Waals surface area contributed by atoms with Gasteiger partial charge in [0.25, 0.3) is 0 Å². The summed E-state index contributed by atoms with van der Waals surface area (Å²) >= 11 is 0. The lowest BCUT2D eigenvalue weighted by atomic mass is 9.85. The van der Waals surface area contributed by atoms with E-state index in [-0.39, 0.29) is 43.2 Å². The first-order valence-electron chi connectivity index (χ1n) is 8.79. The van der Waals surface area contributed by atoms with Crippen molar-refractivity contribution in [2.45, 2.75) is 37.6 Å². The second-order valence-corrected chi connectivity index (χ2v) is 6.75. The van der Waals surface area contributed by atoms with E-state index in [4.69, 9.17) is 5.73 Å². The highest BCUT2D eigenvalue weighted by Crippen LogP contribution is 2.35. The Bertz CT molecular complexity index is 893. The molecule has 0 bridgehead atoms. The van der Waals surface area contributed by atoms with E-state index in [1.165, 1.54) is 19.3 Å². The number of imidazole rings is 1. The number of halogens is 2. The molecule has 144 valence electrons. The molecule has 0 aliphatic heterocycles. The summed E-state index contributed by atoms with van der Waals surface area (Å²) in [5.74, 6) is 1.54. The minimum atomic E-state index is -0.303. The highest BCUT2D eigenvalue weighted by Gasteiger charge is 2.22. The van der Waals surface area contributed by atoms with Crippen LogP contribution in [0.5, 0.6) is 0 Å². The monoisotopic (exact) mass is 406 g/mol. The maximum absolute atomic E-state index is 12.3. The van der Waals surface area contributed by atoms with Crippen LogP contribution in [0.15, 0.2) is 48.5 Å². The van der Waals surface area contributed by atoms with E-state index >= 15 is 0 Å². The molecule has 4 N–H and O–H groups in total. The molecule has 4 rings (SSSR count). The van der Waals surface area contributed by atoms with E-state index in [2.05, 4.69) is 15.3 Å². The molecule has 7 heteroatoms. The molecule has 0 radical (unpaired) electrons. The Morgan fingerprint density at radius 1 is 1.19 bits per heavy atom. The number of nitrogens with two attached hydrogens (primary N) is 1. The van der Waals surface area contributed by atoms with Gasteiger partial charge in [-0.25, -0.2) is 4.98 Å². The predicted octanol–water partition coefficient (Wildman–Crippen LogP) is 4.70. The summed E-state index contributed by atoms with van der Waals surface area (Å²) in [7, 11) is 0. The smallest absolute Gasteiger partial charge is 0.226 e. The first-order chi connectivity index (χ1) is 12.2. The van der Waals surface area contributed by atoms with E-state index in [0.29, 0.717) is 5.92 Å². The standard InChI is InChI=1S/C20H22N4O.2ClH/c21-16(13-5-2-1-3-6-13)12-19(25)22-15-9-10-17-18(11-15)24-20(23-17)14-7-4-8-14;;/h1-3,5-6,9-11,14,16H,4,7-8,12,21H2,(H,22,25)(H,23,24);2*1H. The summed E-state index contributed by atoms with van der Waals surface area (Å²) in [6, 6.07) is 15.2. The summed E-state index contributed by atoms with van der Waals surface area (Å²) in [4.78, 5) is 20.3. The van der Waals surface area contributed by atoms with Gasteiger partial charge in [-0.2, -0.15) is 0 Å². The summed E-state index contributed by atoms with van der Waals surface area (Å²) in [6.45, 7) is 0. The number of rotatable bonds is 5. The second-order valence-electron chi connectivity index (χ2n) is 6.75. The van der Waals surface area contributed by atoms with Gasteiger partial charge in [0.1, 0.15) is 5.82 Å². The molecule has 0 spiro atoms. The Morgan fingerprint density at radius 3 is 2.59 bits per heavy atom. The molecule has 1 aliphatic carbocycles. The van der Waals surface area contributed by atoms with Crippen LogP contribution in [0.4, 0.5) is 5.69 Å². The van der Waals surface area contributed by atoms with Gasteiger partial charge in [0.15, 0.2) is 0 Å². The van der Waals surface area contributed by atoms with Gasteiger partial charge >= 0.3 is 0 Å². The number of nitrogens with one attached hydrogen (secondary N) is 2. The van der Waals surface area contributed by atoms with Gasteiger partial charge < -0.3 is 16.0 Å². The molecule has 1 saturated carbocycles. The van der Waals surface area contributed by atoms with E-state index in [1.807, 2.05) is 48.5 Å². The van der Waals surface area contributed by atoms with Gasteiger partial charge in [0.05, 0.1) is 11.0 Å². The Balaban J connectivity index is 0.00000131. The van der Waals surface area contributed by atoms with Gasteiger partial charge in [-0.3, -0.25) is 4.79 Å². The maximum Gasteiger partial charge on any atom is 0.226 e. The van der Waals surface area contributed by atoms with E-state index in [1.54, 1.807) is 0 Å². The topological polar surface area (TPSA) is 83.8 Å². The Hall–Kier alpha value is -2.08. The van der Waals surface area contributed by atoms with Crippen molar-refractivity contribution >= 4 is 47.4 Å². The lowest BCUT2D eigenvalue weighted by Gasteiger charge is -2.22. The van der Waals surface area contributed by atoms with Gasteiger partial charge in [0.2, 0.25) is 5.91 Å². The summed E-state index contributed by atoms with van der Waals surface area (Å²) in [5, 5.41) is 2.93. The van der Waals surface area contributed by atoms with Crippen LogP contribution < -0.4 is 11.1 Å². The predicted molar refractivity (Wildman–Crippen MR) is 114 cm³/mol. The molecule has 1 amide bonds. The number of benzene rings is 2. The molecule has 27 heavy (non-hydrogen) atoms. The average Bonchev–Trinajstić information content (AvgIpc) is 2.96. The van der Waals surface area contributed by atoms with Gasteiger partial charge in [-0.05, 0) is 36.6 Å². The van der Waals surface area contributed by atoms with Crippen molar-refractivity contribution in [3.63, 3.8) is 0 Å². The zero-order valence-corrected chi connectivity index (χ0v) is 16.5. The van der Waals surface area contributed by atoms with Crippen LogP contribution in [0.25, 0.3) is 11.0 Å². The van der Waals surface area contributed by atoms with Crippen LogP contribution in [0.1, 0.15) is 49.0 Å². The zero-order chi connectivity index (χ0) is 17.2.